The molecule has 0 aliphatic carbocycles. The molecule has 0 aromatic heterocycles. The highest BCUT2D eigenvalue weighted by atomic mass is 16.5. The Morgan fingerprint density at radius 1 is 0.651 bits per heavy atom. The largest absolute Gasteiger partial charge is 0.508 e. The molecule has 0 heterocycles. The number of anilines is 2. The van der Waals surface area contributed by atoms with Gasteiger partial charge in [0.25, 0.3) is 11.8 Å². The maximum absolute atomic E-state index is 13.2. The molecule has 5 rings (SSSR count). The average Bonchev–Trinajstić information content (AvgIpc) is 3.03. The Bertz CT molecular complexity index is 1800. The fraction of sp³-hybridized carbons (Fsp3) is 0.0571. The van der Waals surface area contributed by atoms with E-state index in [0.717, 1.165) is 16.7 Å². The van der Waals surface area contributed by atoms with Crippen LogP contribution in [-0.2, 0) is 0 Å². The number of aromatic hydroxyl groups is 1. The van der Waals surface area contributed by atoms with Crippen molar-refractivity contribution in [1.29, 1.82) is 0 Å². The van der Waals surface area contributed by atoms with Crippen molar-refractivity contribution in [2.75, 3.05) is 17.7 Å². The van der Waals surface area contributed by atoms with E-state index < -0.39 is 11.9 Å². The Balaban J connectivity index is 1.30. The number of amides is 2. The van der Waals surface area contributed by atoms with Crippen molar-refractivity contribution < 1.29 is 29.0 Å². The first kappa shape index (κ1) is 28.6. The van der Waals surface area contributed by atoms with Gasteiger partial charge >= 0.3 is 5.97 Å². The maximum Gasteiger partial charge on any atom is 0.343 e. The van der Waals surface area contributed by atoms with Crippen molar-refractivity contribution in [2.24, 2.45) is 0 Å². The first-order valence-electron chi connectivity index (χ1n) is 13.4. The Kier molecular flexibility index (Phi) is 8.48. The van der Waals surface area contributed by atoms with Gasteiger partial charge in [0.2, 0.25) is 0 Å². The fourth-order valence-corrected chi connectivity index (χ4v) is 4.33. The molecule has 0 atom stereocenters. The van der Waals surface area contributed by atoms with Crippen molar-refractivity contribution >= 4 is 29.2 Å². The molecule has 43 heavy (non-hydrogen) atoms. The Morgan fingerprint density at radius 2 is 1.30 bits per heavy atom. The molecule has 0 saturated heterocycles. The van der Waals surface area contributed by atoms with E-state index in [1.807, 2.05) is 25.1 Å². The molecule has 0 aliphatic heterocycles. The van der Waals surface area contributed by atoms with Crippen molar-refractivity contribution in [3.05, 3.63) is 138 Å². The van der Waals surface area contributed by atoms with E-state index in [9.17, 15) is 19.5 Å². The van der Waals surface area contributed by atoms with E-state index >= 15 is 0 Å². The summed E-state index contributed by atoms with van der Waals surface area (Å²) in [6.07, 6.45) is 0. The Labute approximate surface area is 248 Å². The zero-order valence-electron chi connectivity index (χ0n) is 23.5. The first-order chi connectivity index (χ1) is 20.8. The van der Waals surface area contributed by atoms with Crippen molar-refractivity contribution in [1.82, 2.24) is 0 Å². The third-order valence-corrected chi connectivity index (χ3v) is 6.62. The first-order valence-corrected chi connectivity index (χ1v) is 13.4. The lowest BCUT2D eigenvalue weighted by Crippen LogP contribution is -2.15. The van der Waals surface area contributed by atoms with Crippen molar-refractivity contribution in [3.63, 3.8) is 0 Å². The third kappa shape index (κ3) is 7.07. The number of hydrogen-bond donors (Lipinski definition) is 3. The van der Waals surface area contributed by atoms with Crippen LogP contribution in [0.4, 0.5) is 11.4 Å². The molecular weight excluding hydrogens is 544 g/mol. The van der Waals surface area contributed by atoms with Crippen LogP contribution in [-0.4, -0.2) is 30.0 Å². The quantitative estimate of drug-likeness (QED) is 0.135. The van der Waals surface area contributed by atoms with Gasteiger partial charge in [0.1, 0.15) is 17.2 Å². The number of hydrogen-bond acceptors (Lipinski definition) is 6. The van der Waals surface area contributed by atoms with Crippen LogP contribution in [0.25, 0.3) is 11.1 Å². The lowest BCUT2D eigenvalue weighted by molar-refractivity contribution is 0.0734. The summed E-state index contributed by atoms with van der Waals surface area (Å²) >= 11 is 0. The topological polar surface area (TPSA) is 114 Å². The molecule has 0 bridgehead atoms. The monoisotopic (exact) mass is 572 g/mol. The van der Waals surface area contributed by atoms with Gasteiger partial charge in [0, 0.05) is 16.8 Å². The van der Waals surface area contributed by atoms with Gasteiger partial charge in [-0.05, 0) is 90.8 Å². The Hall–Kier alpha value is -5.89. The van der Waals surface area contributed by atoms with Crippen molar-refractivity contribution in [2.45, 2.75) is 6.92 Å². The van der Waals surface area contributed by atoms with Crippen molar-refractivity contribution in [3.8, 4) is 28.4 Å². The fourth-order valence-electron chi connectivity index (χ4n) is 4.33. The molecule has 0 fully saturated rings. The standard InChI is InChI=1S/C35H28N2O6/c1-22-9-16-30(17-10-22)43-35(41)27-8-4-7-26(20-27)33(39)36-28-13-18-32(42-2)31(21-28)37-34(40)25-6-3-5-24(19-25)23-11-14-29(38)15-12-23/h3-21,38H,1-2H3,(H,36,39)(H,37,40). The average molecular weight is 573 g/mol. The predicted molar refractivity (Wildman–Crippen MR) is 165 cm³/mol. The lowest BCUT2D eigenvalue weighted by Gasteiger charge is -2.14. The number of esters is 1. The molecule has 3 N–H and O–H groups in total. The SMILES string of the molecule is COc1ccc(NC(=O)c2cccc(C(=O)Oc3ccc(C)cc3)c2)cc1NC(=O)c1cccc(-c2ccc(O)cc2)c1. The van der Waals surface area contributed by atoms with Crippen LogP contribution in [0.2, 0.25) is 0 Å². The molecule has 0 aliphatic rings. The molecule has 8 nitrogen and oxygen atoms in total. The summed E-state index contributed by atoms with van der Waals surface area (Å²) in [7, 11) is 1.48. The molecule has 0 saturated carbocycles. The zero-order chi connectivity index (χ0) is 30.3. The highest BCUT2D eigenvalue weighted by Crippen LogP contribution is 2.29. The summed E-state index contributed by atoms with van der Waals surface area (Å²) in [5.41, 5.74) is 4.36. The normalized spacial score (nSPS) is 10.5. The number of methoxy groups -OCH3 is 1. The molecule has 0 radical (unpaired) electrons. The Morgan fingerprint density at radius 3 is 2.02 bits per heavy atom. The second kappa shape index (κ2) is 12.7. The van der Waals surface area contributed by atoms with Crippen LogP contribution >= 0.6 is 0 Å². The summed E-state index contributed by atoms with van der Waals surface area (Å²) in [6, 6.07) is 32.0. The molecule has 8 heteroatoms. The van der Waals surface area contributed by atoms with Crippen LogP contribution in [0.1, 0.15) is 36.6 Å². The van der Waals surface area contributed by atoms with E-state index in [-0.39, 0.29) is 22.8 Å². The van der Waals surface area contributed by atoms with Gasteiger partial charge in [-0.1, -0.05) is 48.0 Å². The highest BCUT2D eigenvalue weighted by molar-refractivity contribution is 6.08. The number of benzene rings is 5. The van der Waals surface area contributed by atoms with Gasteiger partial charge in [-0.15, -0.1) is 0 Å². The second-order valence-electron chi connectivity index (χ2n) is 9.73. The van der Waals surface area contributed by atoms with Gasteiger partial charge in [0.05, 0.1) is 18.4 Å². The van der Waals surface area contributed by atoms with Gasteiger partial charge in [-0.2, -0.15) is 0 Å². The maximum atomic E-state index is 13.2. The van der Waals surface area contributed by atoms with E-state index in [2.05, 4.69) is 10.6 Å². The summed E-state index contributed by atoms with van der Waals surface area (Å²) in [4.78, 5) is 38.9. The minimum absolute atomic E-state index is 0.157. The lowest BCUT2D eigenvalue weighted by atomic mass is 10.0. The molecular formula is C35H28N2O6. The third-order valence-electron chi connectivity index (χ3n) is 6.62. The smallest absolute Gasteiger partial charge is 0.343 e. The molecule has 2 amide bonds. The number of phenolic OH excluding ortho intramolecular Hbond substituents is 1. The number of ether oxygens (including phenoxy) is 2. The number of nitrogens with one attached hydrogen (secondary N) is 2. The van der Waals surface area contributed by atoms with E-state index in [1.165, 1.54) is 13.2 Å². The van der Waals surface area contributed by atoms with E-state index in [0.29, 0.717) is 28.4 Å². The van der Waals surface area contributed by atoms with Crippen LogP contribution in [0.5, 0.6) is 17.2 Å². The van der Waals surface area contributed by atoms with Crippen LogP contribution in [0.3, 0.4) is 0 Å². The van der Waals surface area contributed by atoms with Crippen LogP contribution < -0.4 is 20.1 Å². The van der Waals surface area contributed by atoms with Gasteiger partial charge < -0.3 is 25.2 Å². The van der Waals surface area contributed by atoms with Gasteiger partial charge in [-0.3, -0.25) is 9.59 Å². The predicted octanol–water partition coefficient (Wildman–Crippen LogP) is 7.10. The minimum Gasteiger partial charge on any atom is -0.508 e. The van der Waals surface area contributed by atoms with E-state index in [4.69, 9.17) is 9.47 Å². The summed E-state index contributed by atoms with van der Waals surface area (Å²) in [5, 5.41) is 15.2. The van der Waals surface area contributed by atoms with Gasteiger partial charge in [-0.25, -0.2) is 4.79 Å². The number of aryl methyl sites for hydroxylation is 1. The molecule has 0 unspecified atom stereocenters. The summed E-state index contributed by atoms with van der Waals surface area (Å²) < 4.78 is 10.9. The molecule has 5 aromatic carbocycles. The summed E-state index contributed by atoms with van der Waals surface area (Å²) in [6.45, 7) is 1.94. The number of carbonyl (C=O) groups excluding carboxylic acids is 3. The number of rotatable bonds is 8. The highest BCUT2D eigenvalue weighted by Gasteiger charge is 2.15. The number of phenols is 1. The second-order valence-corrected chi connectivity index (χ2v) is 9.73. The van der Waals surface area contributed by atoms with Crippen LogP contribution in [0, 0.1) is 6.92 Å². The van der Waals surface area contributed by atoms with Crippen LogP contribution in [0.15, 0.2) is 115 Å². The molecule has 0 spiro atoms. The van der Waals surface area contributed by atoms with E-state index in [1.54, 1.807) is 91.0 Å². The molecule has 214 valence electrons. The molecule has 5 aromatic rings. The number of carbonyl (C=O) groups is 3. The minimum atomic E-state index is -0.581. The van der Waals surface area contributed by atoms with Gasteiger partial charge in [0.15, 0.2) is 0 Å². The zero-order valence-corrected chi connectivity index (χ0v) is 23.5. The summed E-state index contributed by atoms with van der Waals surface area (Å²) in [5.74, 6) is -0.434.